The quantitative estimate of drug-likeness (QED) is 0.557. The molecular weight excluding hydrogens is 362 g/mol. The van der Waals surface area contributed by atoms with Crippen LogP contribution in [-0.4, -0.2) is 51.3 Å². The highest BCUT2D eigenvalue weighted by Crippen LogP contribution is 2.29. The largest absolute Gasteiger partial charge is 0.489 e. The van der Waals surface area contributed by atoms with Gasteiger partial charge in [0.25, 0.3) is 0 Å². The molecule has 2 aromatic heterocycles. The van der Waals surface area contributed by atoms with Crippen molar-refractivity contribution in [2.24, 2.45) is 0 Å². The maximum atomic E-state index is 6.19. The molecule has 1 atom stereocenters. The zero-order valence-corrected chi connectivity index (χ0v) is 15.8. The van der Waals surface area contributed by atoms with Gasteiger partial charge in [-0.2, -0.15) is 5.10 Å². The molecule has 4 aromatic rings. The van der Waals surface area contributed by atoms with E-state index in [0.717, 1.165) is 58.7 Å². The van der Waals surface area contributed by atoms with Gasteiger partial charge in [-0.25, -0.2) is 4.98 Å². The molecule has 6 nitrogen and oxygen atoms in total. The van der Waals surface area contributed by atoms with Crippen LogP contribution in [0.5, 0.6) is 5.75 Å². The van der Waals surface area contributed by atoms with Crippen LogP contribution in [0.25, 0.3) is 33.5 Å². The fraction of sp³-hybridized carbons (Fsp3) is 0.300. The van der Waals surface area contributed by atoms with E-state index in [4.69, 9.17) is 21.3 Å². The molecule has 0 radical (unpaired) electrons. The second-order valence-electron chi connectivity index (χ2n) is 7.17. The molecule has 1 saturated heterocycles. The summed E-state index contributed by atoms with van der Waals surface area (Å²) in [6.45, 7) is 2.11. The number of aromatic nitrogens is 4. The van der Waals surface area contributed by atoms with Crippen molar-refractivity contribution >= 4 is 33.5 Å². The van der Waals surface area contributed by atoms with E-state index in [1.165, 1.54) is 6.42 Å². The Hall–Kier alpha value is -2.57. The first kappa shape index (κ1) is 16.6. The third-order valence-electron chi connectivity index (χ3n) is 5.09. The lowest BCUT2D eigenvalue weighted by molar-refractivity contribution is 0.104. The second kappa shape index (κ2) is 6.55. The van der Waals surface area contributed by atoms with E-state index in [1.807, 2.05) is 36.4 Å². The number of ether oxygens (including phenoxy) is 1. The molecule has 0 aliphatic carbocycles. The van der Waals surface area contributed by atoms with Crippen molar-refractivity contribution in [3.8, 4) is 17.3 Å². The molecule has 1 aliphatic rings. The van der Waals surface area contributed by atoms with Gasteiger partial charge in [0.2, 0.25) is 0 Å². The Labute approximate surface area is 161 Å². The maximum Gasteiger partial charge on any atom is 0.159 e. The zero-order valence-electron chi connectivity index (χ0n) is 15.0. The lowest BCUT2D eigenvalue weighted by atomic mass is 10.1. The first-order chi connectivity index (χ1) is 13.2. The van der Waals surface area contributed by atoms with Crippen LogP contribution in [0.4, 0.5) is 0 Å². The van der Waals surface area contributed by atoms with Gasteiger partial charge in [-0.1, -0.05) is 11.6 Å². The third-order valence-corrected chi connectivity index (χ3v) is 5.32. The predicted molar refractivity (Wildman–Crippen MR) is 107 cm³/mol. The minimum absolute atomic E-state index is 0.239. The topological polar surface area (TPSA) is 69.8 Å². The zero-order chi connectivity index (χ0) is 18.4. The number of benzene rings is 2. The molecule has 0 spiro atoms. The molecule has 1 unspecified atom stereocenters. The number of piperidine rings is 1. The summed E-state index contributed by atoms with van der Waals surface area (Å²) >= 11 is 6.06. The summed E-state index contributed by atoms with van der Waals surface area (Å²) in [6, 6.07) is 11.7. The molecular formula is C20H20ClN5O. The van der Waals surface area contributed by atoms with E-state index < -0.39 is 0 Å². The van der Waals surface area contributed by atoms with Gasteiger partial charge in [0.1, 0.15) is 17.5 Å². The standard InChI is InChI=1S/C20H20ClN5O/c1-26-8-2-3-14(11-26)27-13-5-7-16-18(10-13)23-20(22-16)19-15-6-4-12(21)9-17(15)24-25-19/h4-7,9-10,14H,2-3,8,11H2,1H3,(H,22,23)(H,24,25). The van der Waals surface area contributed by atoms with Gasteiger partial charge in [-0.3, -0.25) is 5.10 Å². The average Bonchev–Trinajstić information content (AvgIpc) is 3.24. The minimum atomic E-state index is 0.239. The summed E-state index contributed by atoms with van der Waals surface area (Å²) in [4.78, 5) is 10.4. The van der Waals surface area contributed by atoms with Crippen LogP contribution < -0.4 is 4.74 Å². The van der Waals surface area contributed by atoms with E-state index in [1.54, 1.807) is 0 Å². The Bertz CT molecular complexity index is 1120. The molecule has 1 aliphatic heterocycles. The van der Waals surface area contributed by atoms with Gasteiger partial charge in [-0.05, 0) is 56.8 Å². The summed E-state index contributed by atoms with van der Waals surface area (Å²) < 4.78 is 6.19. The number of likely N-dealkylation sites (tertiary alicyclic amines) is 1. The number of likely N-dealkylation sites (N-methyl/N-ethyl adjacent to an activating group) is 1. The van der Waals surface area contributed by atoms with E-state index in [-0.39, 0.29) is 6.10 Å². The molecule has 0 bridgehead atoms. The van der Waals surface area contributed by atoms with E-state index in [2.05, 4.69) is 27.1 Å². The number of halogens is 1. The summed E-state index contributed by atoms with van der Waals surface area (Å²) in [6.07, 6.45) is 2.51. The molecule has 2 N–H and O–H groups in total. The van der Waals surface area contributed by atoms with Crippen LogP contribution in [0.1, 0.15) is 12.8 Å². The van der Waals surface area contributed by atoms with E-state index >= 15 is 0 Å². The summed E-state index contributed by atoms with van der Waals surface area (Å²) in [5.41, 5.74) is 3.51. The molecule has 0 amide bonds. The van der Waals surface area contributed by atoms with Crippen molar-refractivity contribution in [2.75, 3.05) is 20.1 Å². The highest BCUT2D eigenvalue weighted by atomic mass is 35.5. The van der Waals surface area contributed by atoms with Crippen molar-refractivity contribution in [1.82, 2.24) is 25.1 Å². The van der Waals surface area contributed by atoms with Crippen LogP contribution in [0.15, 0.2) is 36.4 Å². The maximum absolute atomic E-state index is 6.19. The Morgan fingerprint density at radius 2 is 2.11 bits per heavy atom. The molecule has 138 valence electrons. The smallest absolute Gasteiger partial charge is 0.159 e. The van der Waals surface area contributed by atoms with E-state index in [0.29, 0.717) is 5.02 Å². The number of imidazole rings is 1. The highest BCUT2D eigenvalue weighted by molar-refractivity contribution is 6.31. The molecule has 3 heterocycles. The Morgan fingerprint density at radius 1 is 1.19 bits per heavy atom. The summed E-state index contributed by atoms with van der Waals surface area (Å²) in [5, 5.41) is 9.09. The van der Waals surface area contributed by atoms with Crippen molar-refractivity contribution in [2.45, 2.75) is 18.9 Å². The molecule has 27 heavy (non-hydrogen) atoms. The lowest BCUT2D eigenvalue weighted by Crippen LogP contribution is -2.38. The SMILES string of the molecule is CN1CCCC(Oc2ccc3nc(-c4n[nH]c5cc(Cl)ccc45)[nH]c3c2)C1. The Balaban J connectivity index is 1.46. The number of hydrogen-bond acceptors (Lipinski definition) is 4. The van der Waals surface area contributed by atoms with Crippen LogP contribution in [-0.2, 0) is 0 Å². The molecule has 0 saturated carbocycles. The number of rotatable bonds is 3. The molecule has 5 rings (SSSR count). The normalized spacial score (nSPS) is 18.4. The van der Waals surface area contributed by atoms with Gasteiger partial charge >= 0.3 is 0 Å². The van der Waals surface area contributed by atoms with E-state index in [9.17, 15) is 0 Å². The van der Waals surface area contributed by atoms with Gasteiger partial charge in [-0.15, -0.1) is 0 Å². The average molecular weight is 382 g/mol. The first-order valence-electron chi connectivity index (χ1n) is 9.15. The Kier molecular flexibility index (Phi) is 4.02. The van der Waals surface area contributed by atoms with Crippen LogP contribution in [0, 0.1) is 0 Å². The fourth-order valence-corrected chi connectivity index (χ4v) is 3.93. The molecule has 7 heteroatoms. The number of nitrogens with one attached hydrogen (secondary N) is 2. The molecule has 2 aromatic carbocycles. The molecule has 1 fully saturated rings. The monoisotopic (exact) mass is 381 g/mol. The highest BCUT2D eigenvalue weighted by Gasteiger charge is 2.19. The Morgan fingerprint density at radius 3 is 3.00 bits per heavy atom. The fourth-order valence-electron chi connectivity index (χ4n) is 3.75. The number of nitrogens with zero attached hydrogens (tertiary/aromatic N) is 3. The van der Waals surface area contributed by atoms with Crippen molar-refractivity contribution in [1.29, 1.82) is 0 Å². The number of fused-ring (bicyclic) bond motifs is 2. The van der Waals surface area contributed by atoms with Crippen molar-refractivity contribution in [3.63, 3.8) is 0 Å². The number of hydrogen-bond donors (Lipinski definition) is 2. The number of H-pyrrole nitrogens is 2. The minimum Gasteiger partial charge on any atom is -0.489 e. The second-order valence-corrected chi connectivity index (χ2v) is 7.61. The van der Waals surface area contributed by atoms with Crippen LogP contribution in [0.3, 0.4) is 0 Å². The van der Waals surface area contributed by atoms with Crippen molar-refractivity contribution in [3.05, 3.63) is 41.4 Å². The van der Waals surface area contributed by atoms with Gasteiger partial charge in [0, 0.05) is 23.0 Å². The lowest BCUT2D eigenvalue weighted by Gasteiger charge is -2.29. The van der Waals surface area contributed by atoms with Crippen LogP contribution in [0.2, 0.25) is 5.02 Å². The number of aromatic amines is 2. The van der Waals surface area contributed by atoms with Gasteiger partial charge < -0.3 is 14.6 Å². The summed E-state index contributed by atoms with van der Waals surface area (Å²) in [5.74, 6) is 1.60. The third kappa shape index (κ3) is 3.15. The van der Waals surface area contributed by atoms with Crippen LogP contribution >= 0.6 is 11.6 Å². The first-order valence-corrected chi connectivity index (χ1v) is 9.52. The van der Waals surface area contributed by atoms with Gasteiger partial charge in [0.15, 0.2) is 5.82 Å². The van der Waals surface area contributed by atoms with Crippen molar-refractivity contribution < 1.29 is 4.74 Å². The van der Waals surface area contributed by atoms with Gasteiger partial charge in [0.05, 0.1) is 16.6 Å². The predicted octanol–water partition coefficient (Wildman–Crippen LogP) is 4.23. The summed E-state index contributed by atoms with van der Waals surface area (Å²) in [7, 11) is 2.14.